The number of methoxy groups -OCH3 is 1. The van der Waals surface area contributed by atoms with Gasteiger partial charge in [0.25, 0.3) is 0 Å². The third kappa shape index (κ3) is 3.33. The van der Waals surface area contributed by atoms with Crippen molar-refractivity contribution < 1.29 is 14.3 Å². The highest BCUT2D eigenvalue weighted by atomic mass is 16.5. The second-order valence-corrected chi connectivity index (χ2v) is 4.80. The van der Waals surface area contributed by atoms with Crippen LogP contribution < -0.4 is 10.1 Å². The summed E-state index contributed by atoms with van der Waals surface area (Å²) >= 11 is 0. The summed E-state index contributed by atoms with van der Waals surface area (Å²) in [6.07, 6.45) is 2.04. The molecule has 0 saturated carbocycles. The highest BCUT2D eigenvalue weighted by molar-refractivity contribution is 6.00. The Hall–Kier alpha value is -1.39. The molecule has 0 radical (unpaired) electrons. The van der Waals surface area contributed by atoms with Gasteiger partial charge in [-0.1, -0.05) is 6.07 Å². The fourth-order valence-electron chi connectivity index (χ4n) is 2.48. The second-order valence-electron chi connectivity index (χ2n) is 4.80. The van der Waals surface area contributed by atoms with Crippen LogP contribution in [0.5, 0.6) is 5.75 Å². The lowest BCUT2D eigenvalue weighted by Crippen LogP contribution is -2.20. The molecule has 0 spiro atoms. The van der Waals surface area contributed by atoms with E-state index in [9.17, 15) is 4.79 Å². The average Bonchev–Trinajstić information content (AvgIpc) is 2.47. The molecule has 1 N–H and O–H groups in total. The molecule has 1 aromatic rings. The van der Waals surface area contributed by atoms with E-state index in [0.29, 0.717) is 23.8 Å². The van der Waals surface area contributed by atoms with Crippen LogP contribution in [-0.2, 0) is 4.74 Å². The van der Waals surface area contributed by atoms with E-state index in [1.54, 1.807) is 14.2 Å². The number of carbonyl (C=O) groups is 1. The molecule has 4 nitrogen and oxygen atoms in total. The van der Waals surface area contributed by atoms with Crippen LogP contribution in [-0.4, -0.2) is 39.7 Å². The molecular formula is C15H21NO3. The minimum Gasteiger partial charge on any atom is -0.496 e. The minimum atomic E-state index is 0.0632. The van der Waals surface area contributed by atoms with E-state index in [1.165, 1.54) is 5.56 Å². The Morgan fingerprint density at radius 3 is 2.79 bits per heavy atom. The lowest BCUT2D eigenvalue weighted by Gasteiger charge is -2.23. The first-order valence-electron chi connectivity index (χ1n) is 6.69. The maximum Gasteiger partial charge on any atom is 0.180 e. The topological polar surface area (TPSA) is 47.6 Å². The molecule has 0 bridgehead atoms. The van der Waals surface area contributed by atoms with Crippen molar-refractivity contribution in [3.8, 4) is 5.75 Å². The molecular weight excluding hydrogens is 242 g/mol. The van der Waals surface area contributed by atoms with Crippen molar-refractivity contribution in [1.29, 1.82) is 0 Å². The number of Topliss-reactive ketones (excluding diaryl/α,β-unsaturated/α-hetero) is 1. The first-order chi connectivity index (χ1) is 9.26. The smallest absolute Gasteiger partial charge is 0.180 e. The zero-order valence-electron chi connectivity index (χ0n) is 11.6. The lowest BCUT2D eigenvalue weighted by molar-refractivity contribution is 0.0853. The van der Waals surface area contributed by atoms with E-state index in [-0.39, 0.29) is 5.78 Å². The van der Waals surface area contributed by atoms with Gasteiger partial charge in [-0.2, -0.15) is 0 Å². The Bertz CT molecular complexity index is 439. The molecule has 19 heavy (non-hydrogen) atoms. The maximum absolute atomic E-state index is 12.1. The zero-order valence-corrected chi connectivity index (χ0v) is 11.6. The zero-order chi connectivity index (χ0) is 13.7. The molecule has 0 aromatic heterocycles. The quantitative estimate of drug-likeness (QED) is 0.825. The summed E-state index contributed by atoms with van der Waals surface area (Å²) < 4.78 is 10.7. The molecule has 0 amide bonds. The summed E-state index contributed by atoms with van der Waals surface area (Å²) in [5, 5.41) is 2.89. The van der Waals surface area contributed by atoms with Gasteiger partial charge in [-0.15, -0.1) is 0 Å². The largest absolute Gasteiger partial charge is 0.496 e. The van der Waals surface area contributed by atoms with Crippen LogP contribution >= 0.6 is 0 Å². The second kappa shape index (κ2) is 6.68. The Kier molecular flexibility index (Phi) is 4.93. The van der Waals surface area contributed by atoms with E-state index in [2.05, 4.69) is 11.4 Å². The van der Waals surface area contributed by atoms with Crippen LogP contribution in [0.2, 0.25) is 0 Å². The Morgan fingerprint density at radius 2 is 2.16 bits per heavy atom. The number of likely N-dealkylation sites (N-methyl/N-ethyl adjacent to an activating group) is 1. The van der Waals surface area contributed by atoms with Gasteiger partial charge >= 0.3 is 0 Å². The summed E-state index contributed by atoms with van der Waals surface area (Å²) in [7, 11) is 3.37. The van der Waals surface area contributed by atoms with Gasteiger partial charge in [0.05, 0.1) is 19.2 Å². The normalized spacial score (nSPS) is 16.3. The molecule has 4 heteroatoms. The van der Waals surface area contributed by atoms with Gasteiger partial charge in [-0.25, -0.2) is 0 Å². The summed E-state index contributed by atoms with van der Waals surface area (Å²) in [6.45, 7) is 1.93. The van der Waals surface area contributed by atoms with Crippen LogP contribution in [0, 0.1) is 0 Å². The number of carbonyl (C=O) groups excluding carboxylic acids is 1. The SMILES string of the molecule is CNCC(=O)c1cc(C2CCOCC2)ccc1OC. The number of ether oxygens (including phenoxy) is 2. The van der Waals surface area contributed by atoms with Gasteiger partial charge in [0.2, 0.25) is 0 Å². The first kappa shape index (κ1) is 14.0. The Labute approximate surface area is 114 Å². The van der Waals surface area contributed by atoms with Crippen molar-refractivity contribution in [1.82, 2.24) is 5.32 Å². The predicted molar refractivity (Wildman–Crippen MR) is 74.0 cm³/mol. The van der Waals surface area contributed by atoms with E-state index in [1.807, 2.05) is 12.1 Å². The molecule has 1 aliphatic heterocycles. The maximum atomic E-state index is 12.1. The van der Waals surface area contributed by atoms with Gasteiger partial charge in [-0.05, 0) is 43.5 Å². The number of hydrogen-bond acceptors (Lipinski definition) is 4. The predicted octanol–water partition coefficient (Wildman–Crippen LogP) is 1.99. The highest BCUT2D eigenvalue weighted by Gasteiger charge is 2.19. The fourth-order valence-corrected chi connectivity index (χ4v) is 2.48. The van der Waals surface area contributed by atoms with E-state index >= 15 is 0 Å². The lowest BCUT2D eigenvalue weighted by atomic mass is 9.90. The van der Waals surface area contributed by atoms with Crippen LogP contribution in [0.15, 0.2) is 18.2 Å². The monoisotopic (exact) mass is 263 g/mol. The molecule has 1 fully saturated rings. The number of rotatable bonds is 5. The Balaban J connectivity index is 2.26. The van der Waals surface area contributed by atoms with Crippen LogP contribution in [0.1, 0.15) is 34.7 Å². The molecule has 1 aromatic carbocycles. The molecule has 0 aliphatic carbocycles. The summed E-state index contributed by atoms with van der Waals surface area (Å²) in [5.74, 6) is 1.20. The molecule has 0 atom stereocenters. The summed E-state index contributed by atoms with van der Waals surface area (Å²) in [6, 6.07) is 5.94. The van der Waals surface area contributed by atoms with Crippen molar-refractivity contribution >= 4 is 5.78 Å². The molecule has 0 unspecified atom stereocenters. The van der Waals surface area contributed by atoms with Crippen LogP contribution in [0.25, 0.3) is 0 Å². The van der Waals surface area contributed by atoms with Gasteiger partial charge in [0.15, 0.2) is 5.78 Å². The van der Waals surface area contributed by atoms with Crippen molar-refractivity contribution in [3.05, 3.63) is 29.3 Å². The third-order valence-corrected chi connectivity index (χ3v) is 3.55. The van der Waals surface area contributed by atoms with Crippen molar-refractivity contribution in [3.63, 3.8) is 0 Å². The van der Waals surface area contributed by atoms with Crippen molar-refractivity contribution in [2.45, 2.75) is 18.8 Å². The standard InChI is InChI=1S/C15H21NO3/c1-16-10-14(17)13-9-12(3-4-15(13)18-2)11-5-7-19-8-6-11/h3-4,9,11,16H,5-8,10H2,1-2H3. The third-order valence-electron chi connectivity index (χ3n) is 3.55. The van der Waals surface area contributed by atoms with E-state index in [0.717, 1.165) is 26.1 Å². The van der Waals surface area contributed by atoms with Crippen LogP contribution in [0.4, 0.5) is 0 Å². The number of ketones is 1. The van der Waals surface area contributed by atoms with Crippen LogP contribution in [0.3, 0.4) is 0 Å². The van der Waals surface area contributed by atoms with E-state index < -0.39 is 0 Å². The summed E-state index contributed by atoms with van der Waals surface area (Å²) in [4.78, 5) is 12.1. The fraction of sp³-hybridized carbons (Fsp3) is 0.533. The van der Waals surface area contributed by atoms with Crippen molar-refractivity contribution in [2.24, 2.45) is 0 Å². The molecule has 1 aliphatic rings. The molecule has 1 saturated heterocycles. The first-order valence-corrected chi connectivity index (χ1v) is 6.69. The number of benzene rings is 1. The highest BCUT2D eigenvalue weighted by Crippen LogP contribution is 2.30. The number of hydrogen-bond donors (Lipinski definition) is 1. The van der Waals surface area contributed by atoms with Gasteiger partial charge < -0.3 is 14.8 Å². The van der Waals surface area contributed by atoms with Gasteiger partial charge in [0, 0.05) is 13.2 Å². The van der Waals surface area contributed by atoms with Crippen molar-refractivity contribution in [2.75, 3.05) is 33.9 Å². The number of nitrogens with one attached hydrogen (secondary N) is 1. The molecule has 2 rings (SSSR count). The Morgan fingerprint density at radius 1 is 1.42 bits per heavy atom. The molecule has 1 heterocycles. The van der Waals surface area contributed by atoms with E-state index in [4.69, 9.17) is 9.47 Å². The minimum absolute atomic E-state index is 0.0632. The average molecular weight is 263 g/mol. The van der Waals surface area contributed by atoms with Gasteiger partial charge in [-0.3, -0.25) is 4.79 Å². The van der Waals surface area contributed by atoms with Gasteiger partial charge in [0.1, 0.15) is 5.75 Å². The summed E-state index contributed by atoms with van der Waals surface area (Å²) in [5.41, 5.74) is 1.88. The molecule has 104 valence electrons.